The molecule has 5 heteroatoms. The summed E-state index contributed by atoms with van der Waals surface area (Å²) in [7, 11) is 0. The first-order valence-corrected chi connectivity index (χ1v) is 7.35. The van der Waals surface area contributed by atoms with Crippen molar-refractivity contribution in [3.05, 3.63) is 46.6 Å². The number of ether oxygens (including phenoxy) is 1. The standard InChI is InChI=1S/C15H18BrN3O/c1-10(2)20-14-7-8-17-15(19-14)18-11(3)12-5-4-6-13(16)9-12/h4-11H,1-3H3,(H,17,18,19). The van der Waals surface area contributed by atoms with Gasteiger partial charge in [0.25, 0.3) is 0 Å². The molecule has 2 rings (SSSR count). The van der Waals surface area contributed by atoms with Gasteiger partial charge in [0.1, 0.15) is 0 Å². The van der Waals surface area contributed by atoms with Crippen molar-refractivity contribution in [2.75, 3.05) is 5.32 Å². The van der Waals surface area contributed by atoms with Gasteiger partial charge < -0.3 is 10.1 Å². The molecular weight excluding hydrogens is 318 g/mol. The van der Waals surface area contributed by atoms with E-state index in [1.54, 1.807) is 12.3 Å². The lowest BCUT2D eigenvalue weighted by Gasteiger charge is -2.15. The normalized spacial score (nSPS) is 12.2. The second-order valence-electron chi connectivity index (χ2n) is 4.81. The third kappa shape index (κ3) is 4.20. The molecule has 0 aliphatic rings. The number of aromatic nitrogens is 2. The summed E-state index contributed by atoms with van der Waals surface area (Å²) in [6.07, 6.45) is 1.79. The van der Waals surface area contributed by atoms with Gasteiger partial charge in [-0.25, -0.2) is 4.98 Å². The molecule has 1 aromatic heterocycles. The van der Waals surface area contributed by atoms with Gasteiger partial charge in [-0.1, -0.05) is 28.1 Å². The molecule has 0 aliphatic carbocycles. The zero-order chi connectivity index (χ0) is 14.5. The number of anilines is 1. The molecule has 0 saturated carbocycles. The minimum atomic E-state index is 0.0975. The van der Waals surface area contributed by atoms with Gasteiger partial charge in [-0.3, -0.25) is 0 Å². The minimum Gasteiger partial charge on any atom is -0.475 e. The molecule has 1 aromatic carbocycles. The lowest BCUT2D eigenvalue weighted by Crippen LogP contribution is -2.11. The molecule has 0 fully saturated rings. The van der Waals surface area contributed by atoms with E-state index in [0.29, 0.717) is 11.8 Å². The number of rotatable bonds is 5. The lowest BCUT2D eigenvalue weighted by molar-refractivity contribution is 0.232. The molecule has 0 amide bonds. The van der Waals surface area contributed by atoms with Crippen LogP contribution in [0.15, 0.2) is 41.0 Å². The van der Waals surface area contributed by atoms with E-state index < -0.39 is 0 Å². The lowest BCUT2D eigenvalue weighted by atomic mass is 10.1. The van der Waals surface area contributed by atoms with Crippen LogP contribution in [-0.2, 0) is 0 Å². The molecule has 0 spiro atoms. The van der Waals surface area contributed by atoms with E-state index in [1.807, 2.05) is 26.0 Å². The summed E-state index contributed by atoms with van der Waals surface area (Å²) in [5.74, 6) is 1.15. The average molecular weight is 336 g/mol. The quantitative estimate of drug-likeness (QED) is 0.889. The molecule has 0 radical (unpaired) electrons. The molecule has 1 heterocycles. The Morgan fingerprint density at radius 1 is 1.20 bits per heavy atom. The smallest absolute Gasteiger partial charge is 0.226 e. The van der Waals surface area contributed by atoms with Crippen LogP contribution in [-0.4, -0.2) is 16.1 Å². The Kier molecular flexibility index (Phi) is 4.95. The molecule has 1 N–H and O–H groups in total. The fraction of sp³-hybridized carbons (Fsp3) is 0.333. The molecule has 1 atom stereocenters. The van der Waals surface area contributed by atoms with E-state index in [4.69, 9.17) is 4.74 Å². The largest absolute Gasteiger partial charge is 0.475 e. The van der Waals surface area contributed by atoms with Crippen LogP contribution in [0.2, 0.25) is 0 Å². The van der Waals surface area contributed by atoms with Gasteiger partial charge in [0, 0.05) is 16.7 Å². The summed E-state index contributed by atoms with van der Waals surface area (Å²) in [4.78, 5) is 8.57. The maximum atomic E-state index is 5.56. The summed E-state index contributed by atoms with van der Waals surface area (Å²) in [6.45, 7) is 6.01. The van der Waals surface area contributed by atoms with Crippen LogP contribution in [0.5, 0.6) is 5.88 Å². The van der Waals surface area contributed by atoms with E-state index in [2.05, 4.69) is 50.3 Å². The van der Waals surface area contributed by atoms with E-state index in [0.717, 1.165) is 10.0 Å². The predicted molar refractivity (Wildman–Crippen MR) is 84.0 cm³/mol. The van der Waals surface area contributed by atoms with Crippen molar-refractivity contribution in [2.24, 2.45) is 0 Å². The highest BCUT2D eigenvalue weighted by molar-refractivity contribution is 9.10. The van der Waals surface area contributed by atoms with Crippen molar-refractivity contribution < 1.29 is 4.74 Å². The van der Waals surface area contributed by atoms with E-state index >= 15 is 0 Å². The Labute approximate surface area is 127 Å². The Morgan fingerprint density at radius 3 is 2.70 bits per heavy atom. The van der Waals surface area contributed by atoms with Crippen LogP contribution < -0.4 is 10.1 Å². The zero-order valence-corrected chi connectivity index (χ0v) is 13.4. The second kappa shape index (κ2) is 6.70. The van der Waals surface area contributed by atoms with Crippen LogP contribution in [0.3, 0.4) is 0 Å². The van der Waals surface area contributed by atoms with Gasteiger partial charge in [-0.05, 0) is 38.5 Å². The first kappa shape index (κ1) is 14.8. The molecule has 0 saturated heterocycles. The second-order valence-corrected chi connectivity index (χ2v) is 5.72. The molecule has 0 bridgehead atoms. The van der Waals surface area contributed by atoms with Crippen molar-refractivity contribution in [3.8, 4) is 5.88 Å². The van der Waals surface area contributed by atoms with Crippen LogP contribution in [0.1, 0.15) is 32.4 Å². The summed E-state index contributed by atoms with van der Waals surface area (Å²) in [5, 5.41) is 3.28. The molecule has 20 heavy (non-hydrogen) atoms. The number of hydrogen-bond donors (Lipinski definition) is 1. The van der Waals surface area contributed by atoms with Gasteiger partial charge in [-0.15, -0.1) is 0 Å². The van der Waals surface area contributed by atoms with Crippen molar-refractivity contribution in [1.82, 2.24) is 9.97 Å². The highest BCUT2D eigenvalue weighted by Gasteiger charge is 2.08. The Balaban J connectivity index is 2.09. The van der Waals surface area contributed by atoms with E-state index in [9.17, 15) is 0 Å². The number of benzene rings is 1. The van der Waals surface area contributed by atoms with Crippen molar-refractivity contribution in [3.63, 3.8) is 0 Å². The predicted octanol–water partition coefficient (Wildman–Crippen LogP) is 4.20. The average Bonchev–Trinajstić information content (AvgIpc) is 2.38. The van der Waals surface area contributed by atoms with Crippen LogP contribution in [0.25, 0.3) is 0 Å². The van der Waals surface area contributed by atoms with Gasteiger partial charge in [0.2, 0.25) is 11.8 Å². The third-order valence-electron chi connectivity index (χ3n) is 2.68. The van der Waals surface area contributed by atoms with Gasteiger partial charge in [0.05, 0.1) is 12.1 Å². The molecule has 4 nitrogen and oxygen atoms in total. The molecule has 2 aromatic rings. The number of hydrogen-bond acceptors (Lipinski definition) is 4. The number of halogens is 1. The number of nitrogens with zero attached hydrogens (tertiary/aromatic N) is 2. The Bertz CT molecular complexity index is 575. The highest BCUT2D eigenvalue weighted by Crippen LogP contribution is 2.21. The van der Waals surface area contributed by atoms with Crippen molar-refractivity contribution >= 4 is 21.9 Å². The number of nitrogens with one attached hydrogen (secondary N) is 1. The fourth-order valence-corrected chi connectivity index (χ4v) is 2.19. The van der Waals surface area contributed by atoms with E-state index in [-0.39, 0.29) is 12.1 Å². The van der Waals surface area contributed by atoms with Crippen molar-refractivity contribution in [2.45, 2.75) is 32.9 Å². The summed E-state index contributed by atoms with van der Waals surface area (Å²) in [6, 6.07) is 10.0. The van der Waals surface area contributed by atoms with E-state index in [1.165, 1.54) is 0 Å². The van der Waals surface area contributed by atoms with Crippen LogP contribution in [0, 0.1) is 0 Å². The Hall–Kier alpha value is -1.62. The highest BCUT2D eigenvalue weighted by atomic mass is 79.9. The van der Waals surface area contributed by atoms with Crippen LogP contribution >= 0.6 is 15.9 Å². The zero-order valence-electron chi connectivity index (χ0n) is 11.8. The first-order valence-electron chi connectivity index (χ1n) is 6.56. The summed E-state index contributed by atoms with van der Waals surface area (Å²) >= 11 is 3.48. The molecular formula is C15H18BrN3O. The fourth-order valence-electron chi connectivity index (χ4n) is 1.77. The topological polar surface area (TPSA) is 47.0 Å². The van der Waals surface area contributed by atoms with Crippen LogP contribution in [0.4, 0.5) is 5.95 Å². The monoisotopic (exact) mass is 335 g/mol. The van der Waals surface area contributed by atoms with Crippen molar-refractivity contribution in [1.29, 1.82) is 0 Å². The minimum absolute atomic E-state index is 0.0975. The SMILES string of the molecule is CC(C)Oc1ccnc(NC(C)c2cccc(Br)c2)n1. The third-order valence-corrected chi connectivity index (χ3v) is 3.17. The molecule has 0 aliphatic heterocycles. The van der Waals surface area contributed by atoms with Gasteiger partial charge in [-0.2, -0.15) is 4.98 Å². The summed E-state index contributed by atoms with van der Waals surface area (Å²) < 4.78 is 6.62. The maximum absolute atomic E-state index is 5.56. The Morgan fingerprint density at radius 2 is 2.00 bits per heavy atom. The molecule has 106 valence electrons. The maximum Gasteiger partial charge on any atom is 0.226 e. The van der Waals surface area contributed by atoms with Gasteiger partial charge in [0.15, 0.2) is 0 Å². The van der Waals surface area contributed by atoms with Gasteiger partial charge >= 0.3 is 0 Å². The summed E-state index contributed by atoms with van der Waals surface area (Å²) in [5.41, 5.74) is 1.16. The first-order chi connectivity index (χ1) is 9.54. The molecule has 1 unspecified atom stereocenters.